The highest BCUT2D eigenvalue weighted by Crippen LogP contribution is 2.28. The molecule has 2 rings (SSSR count). The fraction of sp³-hybridized carbons (Fsp3) is 0.238. The van der Waals surface area contributed by atoms with Crippen LogP contribution >= 0.6 is 11.3 Å². The molecule has 0 saturated carbocycles. The number of rotatable bonds is 6. The minimum absolute atomic E-state index is 0.103. The van der Waals surface area contributed by atoms with Gasteiger partial charge in [-0.25, -0.2) is 4.98 Å². The summed E-state index contributed by atoms with van der Waals surface area (Å²) in [6.07, 6.45) is 14.3. The first-order valence-electron chi connectivity index (χ1n) is 8.51. The molecule has 4 nitrogen and oxygen atoms in total. The molecule has 0 amide bonds. The van der Waals surface area contributed by atoms with Crippen molar-refractivity contribution in [3.63, 3.8) is 0 Å². The molecule has 0 radical (unpaired) electrons. The molecule has 26 heavy (non-hydrogen) atoms. The molecule has 0 saturated heterocycles. The van der Waals surface area contributed by atoms with Gasteiger partial charge in [-0.2, -0.15) is 5.26 Å². The van der Waals surface area contributed by atoms with Crippen molar-refractivity contribution < 1.29 is 5.11 Å². The molecular formula is C21H25N3OS. The maximum Gasteiger partial charge on any atom is 0.143 e. The van der Waals surface area contributed by atoms with Crippen molar-refractivity contribution in [1.82, 2.24) is 10.3 Å². The Hall–Kier alpha value is -2.68. The zero-order chi connectivity index (χ0) is 19.4. The Morgan fingerprint density at radius 2 is 2.23 bits per heavy atom. The molecule has 1 aliphatic rings. The largest absolute Gasteiger partial charge is 0.506 e. The van der Waals surface area contributed by atoms with Crippen molar-refractivity contribution in [3.05, 3.63) is 76.5 Å². The molecule has 2 N–H and O–H groups in total. The maximum absolute atomic E-state index is 10.4. The number of allylic oxidation sites excluding steroid dienone is 8. The number of hydrogen-bond acceptors (Lipinski definition) is 5. The molecule has 0 atom stereocenters. The van der Waals surface area contributed by atoms with Crippen molar-refractivity contribution in [2.75, 3.05) is 13.6 Å². The fourth-order valence-corrected chi connectivity index (χ4v) is 2.93. The Kier molecular flexibility index (Phi) is 9.70. The van der Waals surface area contributed by atoms with Crippen LogP contribution in [0.15, 0.2) is 65.8 Å². The minimum atomic E-state index is -0.103. The zero-order valence-corrected chi connectivity index (χ0v) is 16.3. The van der Waals surface area contributed by atoms with Gasteiger partial charge in [-0.05, 0) is 13.5 Å². The third kappa shape index (κ3) is 5.69. The highest BCUT2D eigenvalue weighted by molar-refractivity contribution is 7.11. The Bertz CT molecular complexity index is 801. The average Bonchev–Trinajstić information content (AvgIpc) is 2.99. The lowest BCUT2D eigenvalue weighted by atomic mass is 10.1. The molecule has 0 fully saturated rings. The first-order chi connectivity index (χ1) is 12.7. The van der Waals surface area contributed by atoms with Crippen LogP contribution in [0.25, 0.3) is 11.1 Å². The summed E-state index contributed by atoms with van der Waals surface area (Å²) in [6.45, 7) is 8.26. The van der Waals surface area contributed by atoms with Gasteiger partial charge in [0, 0.05) is 23.1 Å². The van der Waals surface area contributed by atoms with E-state index in [1.54, 1.807) is 13.1 Å². The second-order valence-electron chi connectivity index (χ2n) is 4.98. The number of aliphatic hydroxyl groups is 1. The summed E-state index contributed by atoms with van der Waals surface area (Å²) < 4.78 is 0. The van der Waals surface area contributed by atoms with Crippen LogP contribution in [0.4, 0.5) is 0 Å². The maximum atomic E-state index is 10.4. The first-order valence-corrected chi connectivity index (χ1v) is 9.39. The molecule has 5 heteroatoms. The molecule has 0 spiro atoms. The van der Waals surface area contributed by atoms with E-state index in [2.05, 4.69) is 35.1 Å². The van der Waals surface area contributed by atoms with Crippen LogP contribution in [0.2, 0.25) is 0 Å². The van der Waals surface area contributed by atoms with Crippen molar-refractivity contribution in [2.24, 2.45) is 0 Å². The Labute approximate surface area is 159 Å². The molecule has 0 bridgehead atoms. The third-order valence-corrected chi connectivity index (χ3v) is 4.22. The predicted octanol–water partition coefficient (Wildman–Crippen LogP) is 5.19. The third-order valence-electron chi connectivity index (χ3n) is 3.36. The van der Waals surface area contributed by atoms with Gasteiger partial charge in [0.05, 0.1) is 5.69 Å². The molecule has 1 aliphatic carbocycles. The second-order valence-corrected chi connectivity index (χ2v) is 5.84. The van der Waals surface area contributed by atoms with E-state index < -0.39 is 0 Å². The summed E-state index contributed by atoms with van der Waals surface area (Å²) in [4.78, 5) is 4.51. The van der Waals surface area contributed by atoms with E-state index in [0.717, 1.165) is 17.7 Å². The number of aromatic nitrogens is 1. The average molecular weight is 368 g/mol. The number of likely N-dealkylation sites (N-methyl/N-ethyl adjacent to an activating group) is 1. The number of nitriles is 1. The number of aliphatic hydroxyl groups excluding tert-OH is 1. The second kappa shape index (κ2) is 11.8. The number of nitrogens with one attached hydrogen (secondary N) is 1. The van der Waals surface area contributed by atoms with E-state index in [1.165, 1.54) is 17.4 Å². The van der Waals surface area contributed by atoms with Gasteiger partial charge in [0.25, 0.3) is 0 Å². The van der Waals surface area contributed by atoms with E-state index >= 15 is 0 Å². The fourth-order valence-electron chi connectivity index (χ4n) is 2.11. The number of hydrogen-bond donors (Lipinski definition) is 2. The van der Waals surface area contributed by atoms with Crippen LogP contribution in [0.5, 0.6) is 0 Å². The van der Waals surface area contributed by atoms with Gasteiger partial charge >= 0.3 is 0 Å². The standard InChI is InChI=1S/C19H19N3OS.C2H6/c1-3-14(10-11-21-2)18(23)16(12-20)19-22-17(13-24-19)15-8-6-4-5-7-9-15;1-2/h3-4,6-10,13,21,23H,1,5,11H2,2H3;1-2H3/b14-10+,18-16-;. The van der Waals surface area contributed by atoms with Gasteiger partial charge in [-0.3, -0.25) is 0 Å². The van der Waals surface area contributed by atoms with Crippen LogP contribution in [-0.2, 0) is 0 Å². The summed E-state index contributed by atoms with van der Waals surface area (Å²) >= 11 is 1.34. The highest BCUT2D eigenvalue weighted by atomic mass is 32.1. The van der Waals surface area contributed by atoms with Crippen molar-refractivity contribution >= 4 is 22.5 Å². The molecule has 0 unspecified atom stereocenters. The number of nitrogens with zero attached hydrogens (tertiary/aromatic N) is 2. The van der Waals surface area contributed by atoms with Gasteiger partial charge in [-0.15, -0.1) is 11.3 Å². The van der Waals surface area contributed by atoms with Crippen LogP contribution in [-0.4, -0.2) is 23.7 Å². The summed E-state index contributed by atoms with van der Waals surface area (Å²) in [5.41, 5.74) is 2.44. The van der Waals surface area contributed by atoms with Gasteiger partial charge in [0.1, 0.15) is 22.4 Å². The monoisotopic (exact) mass is 367 g/mol. The van der Waals surface area contributed by atoms with Crippen LogP contribution < -0.4 is 5.32 Å². The zero-order valence-electron chi connectivity index (χ0n) is 15.5. The summed E-state index contributed by atoms with van der Waals surface area (Å²) in [5.74, 6) is -0.103. The smallest absolute Gasteiger partial charge is 0.143 e. The number of thiazole rings is 1. The lowest BCUT2D eigenvalue weighted by Gasteiger charge is -2.04. The SMILES string of the molecule is C=CC(=C\CNC)/C(O)=C(\C#N)c1nc(C2=CC=CCC=C2)cs1.CC. The lowest BCUT2D eigenvalue weighted by Crippen LogP contribution is -2.06. The molecular weight excluding hydrogens is 342 g/mol. The lowest BCUT2D eigenvalue weighted by molar-refractivity contribution is 0.429. The van der Waals surface area contributed by atoms with Gasteiger partial charge in [-0.1, -0.05) is 63.0 Å². The van der Waals surface area contributed by atoms with Crippen molar-refractivity contribution in [1.29, 1.82) is 5.26 Å². The van der Waals surface area contributed by atoms with Crippen LogP contribution in [0.1, 0.15) is 31.0 Å². The normalized spacial score (nSPS) is 14.4. The Balaban J connectivity index is 0.00000163. The van der Waals surface area contributed by atoms with E-state index in [9.17, 15) is 10.4 Å². The molecule has 0 aliphatic heterocycles. The minimum Gasteiger partial charge on any atom is -0.506 e. The Morgan fingerprint density at radius 3 is 2.88 bits per heavy atom. The van der Waals surface area contributed by atoms with E-state index in [-0.39, 0.29) is 11.3 Å². The van der Waals surface area contributed by atoms with E-state index in [1.807, 2.05) is 37.5 Å². The first kappa shape index (κ1) is 21.4. The van der Waals surface area contributed by atoms with Crippen molar-refractivity contribution in [3.8, 4) is 6.07 Å². The molecule has 1 aromatic heterocycles. The van der Waals surface area contributed by atoms with E-state index in [0.29, 0.717) is 17.1 Å². The highest BCUT2D eigenvalue weighted by Gasteiger charge is 2.15. The molecule has 1 aromatic rings. The Morgan fingerprint density at radius 1 is 1.46 bits per heavy atom. The molecule has 136 valence electrons. The van der Waals surface area contributed by atoms with Gasteiger partial charge in [0.15, 0.2) is 0 Å². The van der Waals surface area contributed by atoms with Gasteiger partial charge in [0.2, 0.25) is 0 Å². The van der Waals surface area contributed by atoms with Crippen molar-refractivity contribution in [2.45, 2.75) is 20.3 Å². The quantitative estimate of drug-likeness (QED) is 0.412. The summed E-state index contributed by atoms with van der Waals surface area (Å²) in [7, 11) is 1.80. The topological polar surface area (TPSA) is 68.9 Å². The van der Waals surface area contributed by atoms with E-state index in [4.69, 9.17) is 0 Å². The molecule has 1 heterocycles. The summed E-state index contributed by atoms with van der Waals surface area (Å²) in [6, 6.07) is 2.06. The predicted molar refractivity (Wildman–Crippen MR) is 112 cm³/mol. The van der Waals surface area contributed by atoms with Crippen LogP contribution in [0.3, 0.4) is 0 Å². The van der Waals surface area contributed by atoms with Crippen LogP contribution in [0, 0.1) is 11.3 Å². The summed E-state index contributed by atoms with van der Waals surface area (Å²) in [5, 5.41) is 25.2. The van der Waals surface area contributed by atoms with Gasteiger partial charge < -0.3 is 10.4 Å². The molecule has 0 aromatic carbocycles.